The number of nitrogens with zero attached hydrogens (tertiary/aromatic N) is 2. The van der Waals surface area contributed by atoms with Gasteiger partial charge in [0.25, 0.3) is 5.91 Å². The van der Waals surface area contributed by atoms with Gasteiger partial charge >= 0.3 is 0 Å². The van der Waals surface area contributed by atoms with Gasteiger partial charge in [-0.1, -0.05) is 51.1 Å². The van der Waals surface area contributed by atoms with Crippen LogP contribution in [0.5, 0.6) is 0 Å². The van der Waals surface area contributed by atoms with Gasteiger partial charge in [0.1, 0.15) is 6.10 Å². The van der Waals surface area contributed by atoms with Gasteiger partial charge in [0.05, 0.1) is 18.2 Å². The zero-order chi connectivity index (χ0) is 17.2. The van der Waals surface area contributed by atoms with Gasteiger partial charge in [0.15, 0.2) is 0 Å². The first kappa shape index (κ1) is 16.7. The number of ether oxygens (including phenoxy) is 1. The Hall–Kier alpha value is -2.20. The lowest BCUT2D eigenvalue weighted by Gasteiger charge is -2.43. The van der Waals surface area contributed by atoms with E-state index in [0.717, 1.165) is 5.56 Å². The molecular formula is C20H24N2O2. The lowest BCUT2D eigenvalue weighted by molar-refractivity contribution is -0.119. The Morgan fingerprint density at radius 3 is 2.50 bits per heavy atom. The maximum atomic E-state index is 12.9. The summed E-state index contributed by atoms with van der Waals surface area (Å²) in [5.74, 6) is 0.0154. The molecule has 24 heavy (non-hydrogen) atoms. The average molecular weight is 324 g/mol. The zero-order valence-electron chi connectivity index (χ0n) is 14.5. The topological polar surface area (TPSA) is 42.4 Å². The highest BCUT2D eigenvalue weighted by molar-refractivity contribution is 5.94. The Balaban J connectivity index is 1.87. The molecule has 0 radical (unpaired) electrons. The Morgan fingerprint density at radius 2 is 1.88 bits per heavy atom. The molecule has 0 unspecified atom stereocenters. The number of morpholine rings is 1. The fraction of sp³-hybridized carbons (Fsp3) is 0.400. The highest BCUT2D eigenvalue weighted by atomic mass is 16.5. The van der Waals surface area contributed by atoms with Crippen molar-refractivity contribution < 1.29 is 9.53 Å². The molecule has 2 atom stereocenters. The number of pyridine rings is 1. The molecule has 0 N–H and O–H groups in total. The van der Waals surface area contributed by atoms with Crippen molar-refractivity contribution in [1.29, 1.82) is 0 Å². The van der Waals surface area contributed by atoms with Crippen molar-refractivity contribution >= 4 is 5.91 Å². The van der Waals surface area contributed by atoms with Crippen LogP contribution in [0.25, 0.3) is 0 Å². The molecule has 1 aliphatic heterocycles. The second-order valence-electron chi connectivity index (χ2n) is 7.34. The number of carbonyl (C=O) groups excluding carboxylic acids is 1. The van der Waals surface area contributed by atoms with Crippen LogP contribution in [0, 0.1) is 5.41 Å². The molecule has 4 heteroatoms. The third-order valence-electron chi connectivity index (χ3n) is 4.43. The van der Waals surface area contributed by atoms with Gasteiger partial charge in [0, 0.05) is 18.9 Å². The molecular weight excluding hydrogens is 300 g/mol. The quantitative estimate of drug-likeness (QED) is 0.846. The van der Waals surface area contributed by atoms with Crippen LogP contribution in [-0.4, -0.2) is 35.0 Å². The van der Waals surface area contributed by atoms with Crippen molar-refractivity contribution in [2.24, 2.45) is 5.41 Å². The molecule has 0 saturated carbocycles. The van der Waals surface area contributed by atoms with E-state index in [0.29, 0.717) is 18.7 Å². The molecule has 4 nitrogen and oxygen atoms in total. The Kier molecular flexibility index (Phi) is 4.67. The van der Waals surface area contributed by atoms with Crippen molar-refractivity contribution in [1.82, 2.24) is 9.88 Å². The number of carbonyl (C=O) groups is 1. The van der Waals surface area contributed by atoms with E-state index >= 15 is 0 Å². The number of amides is 1. The molecule has 3 rings (SSSR count). The average Bonchev–Trinajstić information content (AvgIpc) is 2.61. The first-order valence-electron chi connectivity index (χ1n) is 8.35. The summed E-state index contributed by atoms with van der Waals surface area (Å²) in [7, 11) is 0. The number of hydrogen-bond acceptors (Lipinski definition) is 3. The second-order valence-corrected chi connectivity index (χ2v) is 7.34. The van der Waals surface area contributed by atoms with Crippen molar-refractivity contribution in [3.8, 4) is 0 Å². The molecule has 1 saturated heterocycles. The summed E-state index contributed by atoms with van der Waals surface area (Å²) in [5.41, 5.74) is 1.69. The van der Waals surface area contributed by atoms with Gasteiger partial charge in [-0.25, -0.2) is 0 Å². The molecule has 2 aromatic rings. The van der Waals surface area contributed by atoms with E-state index in [2.05, 4.69) is 37.9 Å². The third kappa shape index (κ3) is 3.65. The molecule has 0 spiro atoms. The van der Waals surface area contributed by atoms with E-state index < -0.39 is 0 Å². The van der Waals surface area contributed by atoms with E-state index in [4.69, 9.17) is 4.74 Å². The molecule has 0 bridgehead atoms. The minimum atomic E-state index is -0.107. The van der Waals surface area contributed by atoms with Gasteiger partial charge in [-0.05, 0) is 23.1 Å². The fourth-order valence-corrected chi connectivity index (χ4v) is 2.93. The molecule has 1 aromatic carbocycles. The monoisotopic (exact) mass is 324 g/mol. The molecule has 1 aromatic heterocycles. The van der Waals surface area contributed by atoms with Gasteiger partial charge in [0.2, 0.25) is 0 Å². The van der Waals surface area contributed by atoms with E-state index in [9.17, 15) is 4.79 Å². The van der Waals surface area contributed by atoms with Crippen LogP contribution in [-0.2, 0) is 4.74 Å². The molecule has 1 amide bonds. The summed E-state index contributed by atoms with van der Waals surface area (Å²) in [6.45, 7) is 7.61. The van der Waals surface area contributed by atoms with Crippen LogP contribution in [0.1, 0.15) is 42.8 Å². The minimum Gasteiger partial charge on any atom is -0.366 e. The number of aromatic nitrogens is 1. The van der Waals surface area contributed by atoms with Crippen LogP contribution in [0.2, 0.25) is 0 Å². The largest absolute Gasteiger partial charge is 0.366 e. The normalized spacial score (nSPS) is 21.5. The summed E-state index contributed by atoms with van der Waals surface area (Å²) in [6, 6.07) is 13.7. The van der Waals surface area contributed by atoms with E-state index in [1.165, 1.54) is 0 Å². The first-order chi connectivity index (χ1) is 11.4. The summed E-state index contributed by atoms with van der Waals surface area (Å²) in [4.78, 5) is 18.8. The molecule has 1 fully saturated rings. The molecule has 1 aliphatic rings. The smallest absolute Gasteiger partial charge is 0.255 e. The second kappa shape index (κ2) is 6.73. The SMILES string of the molecule is CC(C)(C)[C@H]1CN(C(=O)c2cccnc2)C[C@@H](c2ccccc2)O1. The summed E-state index contributed by atoms with van der Waals surface area (Å²) < 4.78 is 6.34. The van der Waals surface area contributed by atoms with Crippen molar-refractivity contribution in [2.75, 3.05) is 13.1 Å². The van der Waals surface area contributed by atoms with Crippen molar-refractivity contribution in [3.63, 3.8) is 0 Å². The molecule has 0 aliphatic carbocycles. The zero-order valence-corrected chi connectivity index (χ0v) is 14.5. The van der Waals surface area contributed by atoms with Crippen LogP contribution in [0.4, 0.5) is 0 Å². The first-order valence-corrected chi connectivity index (χ1v) is 8.35. The summed E-state index contributed by atoms with van der Waals surface area (Å²) in [6.07, 6.45) is 3.18. The van der Waals surface area contributed by atoms with Gasteiger partial charge in [-0.3, -0.25) is 9.78 Å². The summed E-state index contributed by atoms with van der Waals surface area (Å²) in [5, 5.41) is 0. The maximum Gasteiger partial charge on any atom is 0.255 e. The Labute approximate surface area is 143 Å². The predicted octanol–water partition coefficient (Wildman–Crippen LogP) is 3.71. The standard InChI is InChI=1S/C20H24N2O2/c1-20(2,3)18-14-22(19(23)16-10-7-11-21-12-16)13-17(24-18)15-8-5-4-6-9-15/h4-12,17-18H,13-14H2,1-3H3/t17-,18+/m0/s1. The lowest BCUT2D eigenvalue weighted by atomic mass is 9.87. The minimum absolute atomic E-state index is 0.0154. The van der Waals surface area contributed by atoms with Crippen LogP contribution < -0.4 is 0 Å². The number of hydrogen-bond donors (Lipinski definition) is 0. The summed E-state index contributed by atoms with van der Waals surface area (Å²) >= 11 is 0. The van der Waals surface area contributed by atoms with Crippen LogP contribution in [0.3, 0.4) is 0 Å². The van der Waals surface area contributed by atoms with E-state index in [1.54, 1.807) is 18.5 Å². The highest BCUT2D eigenvalue weighted by Gasteiger charge is 2.37. The van der Waals surface area contributed by atoms with Gasteiger partial charge in [-0.2, -0.15) is 0 Å². The predicted molar refractivity (Wildman–Crippen MR) is 93.7 cm³/mol. The van der Waals surface area contributed by atoms with Crippen LogP contribution >= 0.6 is 0 Å². The molecule has 2 heterocycles. The van der Waals surface area contributed by atoms with Crippen molar-refractivity contribution in [3.05, 3.63) is 66.0 Å². The maximum absolute atomic E-state index is 12.9. The lowest BCUT2D eigenvalue weighted by Crippen LogP contribution is -2.51. The Bertz CT molecular complexity index is 680. The Morgan fingerprint density at radius 1 is 1.12 bits per heavy atom. The third-order valence-corrected chi connectivity index (χ3v) is 4.43. The van der Waals surface area contributed by atoms with Crippen LogP contribution in [0.15, 0.2) is 54.9 Å². The van der Waals surface area contributed by atoms with E-state index in [-0.39, 0.29) is 23.5 Å². The van der Waals surface area contributed by atoms with Gasteiger partial charge in [-0.15, -0.1) is 0 Å². The fourth-order valence-electron chi connectivity index (χ4n) is 2.93. The number of benzene rings is 1. The highest BCUT2D eigenvalue weighted by Crippen LogP contribution is 2.33. The van der Waals surface area contributed by atoms with E-state index in [1.807, 2.05) is 29.2 Å². The van der Waals surface area contributed by atoms with Gasteiger partial charge < -0.3 is 9.64 Å². The molecule has 126 valence electrons. The van der Waals surface area contributed by atoms with Crippen molar-refractivity contribution in [2.45, 2.75) is 33.0 Å². The number of rotatable bonds is 2.